The predicted octanol–water partition coefficient (Wildman–Crippen LogP) is 6.42. The molecular formula is C17H30S. The Bertz CT molecular complexity index is 328. The molecule has 0 spiro atoms. The zero-order chi connectivity index (χ0) is 14.3. The highest BCUT2D eigenvalue weighted by atomic mass is 32.2. The molecule has 0 aromatic rings. The number of hydrogen-bond acceptors (Lipinski definition) is 1. The smallest absolute Gasteiger partial charge is 0.00454 e. The van der Waals surface area contributed by atoms with E-state index in [0.29, 0.717) is 17.8 Å². The Hall–Kier alpha value is -0.430. The van der Waals surface area contributed by atoms with Gasteiger partial charge in [-0.2, -0.15) is 0 Å². The Morgan fingerprint density at radius 2 is 1.39 bits per heavy atom. The molecule has 0 aliphatic carbocycles. The maximum Gasteiger partial charge on any atom is -0.00454 e. The third-order valence-corrected chi connectivity index (χ3v) is 4.09. The van der Waals surface area contributed by atoms with Gasteiger partial charge < -0.3 is 0 Å². The molecule has 1 heteroatoms. The molecule has 0 nitrogen and oxygen atoms in total. The molecule has 0 atom stereocenters. The van der Waals surface area contributed by atoms with Gasteiger partial charge in [0.05, 0.1) is 0 Å². The number of allylic oxidation sites excluding steroid dienone is 5. The maximum absolute atomic E-state index is 2.31. The third kappa shape index (κ3) is 4.68. The first-order chi connectivity index (χ1) is 8.45. The molecule has 0 N–H and O–H groups in total. The van der Waals surface area contributed by atoms with Gasteiger partial charge in [-0.15, -0.1) is 11.8 Å². The van der Waals surface area contributed by atoms with Crippen LogP contribution >= 0.6 is 11.8 Å². The monoisotopic (exact) mass is 266 g/mol. The van der Waals surface area contributed by atoms with Crippen molar-refractivity contribution >= 4 is 11.8 Å². The van der Waals surface area contributed by atoms with Crippen molar-refractivity contribution in [2.75, 3.05) is 0 Å². The summed E-state index contributed by atoms with van der Waals surface area (Å²) in [5.41, 5.74) is 3.08. The van der Waals surface area contributed by atoms with E-state index < -0.39 is 0 Å². The van der Waals surface area contributed by atoms with Crippen LogP contribution in [0.3, 0.4) is 0 Å². The molecule has 1 aliphatic rings. The van der Waals surface area contributed by atoms with Gasteiger partial charge in [0.25, 0.3) is 0 Å². The van der Waals surface area contributed by atoms with Crippen molar-refractivity contribution in [2.45, 2.75) is 55.4 Å². The molecule has 104 valence electrons. The first-order valence-electron chi connectivity index (χ1n) is 7.23. The summed E-state index contributed by atoms with van der Waals surface area (Å²) < 4.78 is 0. The average molecular weight is 266 g/mol. The van der Waals surface area contributed by atoms with E-state index in [-0.39, 0.29) is 0 Å². The van der Waals surface area contributed by atoms with Crippen LogP contribution in [-0.4, -0.2) is 0 Å². The van der Waals surface area contributed by atoms with Crippen LogP contribution in [-0.2, 0) is 0 Å². The summed E-state index contributed by atoms with van der Waals surface area (Å²) in [4.78, 5) is 1.55. The molecule has 0 saturated heterocycles. The third-order valence-electron chi connectivity index (χ3n) is 2.85. The first kappa shape index (κ1) is 17.6. The number of hydrogen-bond donors (Lipinski definition) is 0. The quantitative estimate of drug-likeness (QED) is 0.568. The lowest BCUT2D eigenvalue weighted by Crippen LogP contribution is -2.08. The fourth-order valence-corrected chi connectivity index (χ4v) is 3.18. The largest absolute Gasteiger partial charge is 0.102 e. The molecule has 18 heavy (non-hydrogen) atoms. The zero-order valence-electron chi connectivity index (χ0n) is 13.4. The van der Waals surface area contributed by atoms with E-state index in [4.69, 9.17) is 0 Å². The molecule has 0 unspecified atom stereocenters. The van der Waals surface area contributed by atoms with E-state index in [9.17, 15) is 0 Å². The molecule has 0 aromatic heterocycles. The van der Waals surface area contributed by atoms with Crippen LogP contribution in [0, 0.1) is 17.8 Å². The summed E-state index contributed by atoms with van der Waals surface area (Å²) in [6, 6.07) is 0. The van der Waals surface area contributed by atoms with Gasteiger partial charge in [0, 0.05) is 0 Å². The number of thioether (sulfide) groups is 1. The Kier molecular flexibility index (Phi) is 8.43. The van der Waals surface area contributed by atoms with Crippen LogP contribution in [0.15, 0.2) is 33.6 Å². The molecule has 0 aromatic carbocycles. The van der Waals surface area contributed by atoms with Crippen LogP contribution in [0.2, 0.25) is 0 Å². The van der Waals surface area contributed by atoms with E-state index in [0.717, 1.165) is 0 Å². The molecule has 0 radical (unpaired) electrons. The standard InChI is InChI=1S/C15H24S.C2H6/c1-10(2)13-8-7-9-16-15(12(5)6)14(13)11(3)4;1-2/h7-12H,1-6H3;1-2H3. The maximum atomic E-state index is 2.31. The summed E-state index contributed by atoms with van der Waals surface area (Å²) in [7, 11) is 0. The lowest BCUT2D eigenvalue weighted by atomic mass is 9.86. The van der Waals surface area contributed by atoms with Crippen molar-refractivity contribution in [1.29, 1.82) is 0 Å². The van der Waals surface area contributed by atoms with Gasteiger partial charge in [-0.1, -0.05) is 67.5 Å². The van der Waals surface area contributed by atoms with E-state index in [1.807, 2.05) is 25.6 Å². The minimum Gasteiger partial charge on any atom is -0.102 e. The fraction of sp³-hybridized carbons (Fsp3) is 0.647. The summed E-state index contributed by atoms with van der Waals surface area (Å²) in [5.74, 6) is 1.83. The average Bonchev–Trinajstić information content (AvgIpc) is 2.53. The minimum absolute atomic E-state index is 0.606. The van der Waals surface area contributed by atoms with Gasteiger partial charge in [0.1, 0.15) is 0 Å². The SMILES string of the molecule is CC.CC(C)C1=CC=CSC(C(C)C)=C1C(C)C. The second kappa shape index (κ2) is 8.63. The lowest BCUT2D eigenvalue weighted by Gasteiger charge is -2.23. The molecule has 0 amide bonds. The molecular weight excluding hydrogens is 236 g/mol. The van der Waals surface area contributed by atoms with Gasteiger partial charge in [0.15, 0.2) is 0 Å². The summed E-state index contributed by atoms with van der Waals surface area (Å²) in [5, 5.41) is 2.22. The molecule has 1 heterocycles. The second-order valence-corrected chi connectivity index (χ2v) is 6.26. The highest BCUT2D eigenvalue weighted by Crippen LogP contribution is 2.39. The summed E-state index contributed by atoms with van der Waals surface area (Å²) >= 11 is 1.90. The van der Waals surface area contributed by atoms with Crippen molar-refractivity contribution in [1.82, 2.24) is 0 Å². The van der Waals surface area contributed by atoms with Gasteiger partial charge in [-0.3, -0.25) is 0 Å². The zero-order valence-corrected chi connectivity index (χ0v) is 14.2. The van der Waals surface area contributed by atoms with Crippen molar-refractivity contribution in [2.24, 2.45) is 17.8 Å². The predicted molar refractivity (Wildman–Crippen MR) is 87.7 cm³/mol. The van der Waals surface area contributed by atoms with Crippen LogP contribution < -0.4 is 0 Å². The normalized spacial score (nSPS) is 15.8. The van der Waals surface area contributed by atoms with Gasteiger partial charge in [-0.05, 0) is 39.2 Å². The Morgan fingerprint density at radius 1 is 0.833 bits per heavy atom. The molecule has 0 saturated carbocycles. The van der Waals surface area contributed by atoms with E-state index in [2.05, 4.69) is 59.1 Å². The Balaban J connectivity index is 0.00000137. The molecule has 1 rings (SSSR count). The minimum atomic E-state index is 0.606. The lowest BCUT2D eigenvalue weighted by molar-refractivity contribution is 0.679. The fourth-order valence-electron chi connectivity index (χ4n) is 2.12. The highest BCUT2D eigenvalue weighted by molar-refractivity contribution is 8.05. The van der Waals surface area contributed by atoms with Crippen molar-refractivity contribution in [3.05, 3.63) is 33.6 Å². The van der Waals surface area contributed by atoms with Gasteiger partial charge >= 0.3 is 0 Å². The summed E-state index contributed by atoms with van der Waals surface area (Å²) in [6.07, 6.45) is 4.49. The molecule has 0 bridgehead atoms. The van der Waals surface area contributed by atoms with Crippen molar-refractivity contribution in [3.8, 4) is 0 Å². The first-order valence-corrected chi connectivity index (χ1v) is 8.10. The Morgan fingerprint density at radius 3 is 1.78 bits per heavy atom. The van der Waals surface area contributed by atoms with Crippen LogP contribution in [0.4, 0.5) is 0 Å². The molecule has 0 fully saturated rings. The molecule has 1 aliphatic heterocycles. The van der Waals surface area contributed by atoms with Crippen molar-refractivity contribution < 1.29 is 0 Å². The highest BCUT2D eigenvalue weighted by Gasteiger charge is 2.20. The van der Waals surface area contributed by atoms with Crippen LogP contribution in [0.1, 0.15) is 55.4 Å². The topological polar surface area (TPSA) is 0 Å². The van der Waals surface area contributed by atoms with Crippen LogP contribution in [0.5, 0.6) is 0 Å². The van der Waals surface area contributed by atoms with Gasteiger partial charge in [-0.25, -0.2) is 0 Å². The van der Waals surface area contributed by atoms with Crippen LogP contribution in [0.25, 0.3) is 0 Å². The van der Waals surface area contributed by atoms with Crippen molar-refractivity contribution in [3.63, 3.8) is 0 Å². The van der Waals surface area contributed by atoms with Gasteiger partial charge in [0.2, 0.25) is 0 Å². The van der Waals surface area contributed by atoms with E-state index in [1.54, 1.807) is 10.5 Å². The number of rotatable bonds is 3. The Labute approximate surface area is 119 Å². The van der Waals surface area contributed by atoms with E-state index >= 15 is 0 Å². The summed E-state index contributed by atoms with van der Waals surface area (Å²) in [6.45, 7) is 17.8. The second-order valence-electron chi connectivity index (χ2n) is 5.31. The van der Waals surface area contributed by atoms with E-state index in [1.165, 1.54) is 5.57 Å².